The van der Waals surface area contributed by atoms with E-state index in [0.717, 1.165) is 12.8 Å². The number of ether oxygens (including phenoxy) is 2. The minimum Gasteiger partial charge on any atom is -0.469 e. The predicted molar refractivity (Wildman–Crippen MR) is 69.7 cm³/mol. The van der Waals surface area contributed by atoms with Gasteiger partial charge in [0, 0.05) is 0 Å². The molecule has 0 radical (unpaired) electrons. The predicted octanol–water partition coefficient (Wildman–Crippen LogP) is 2.70. The lowest BCUT2D eigenvalue weighted by molar-refractivity contribution is -0.155. The van der Waals surface area contributed by atoms with Gasteiger partial charge in [0.1, 0.15) is 5.92 Å². The molecule has 2 fully saturated rings. The molecule has 1 spiro atoms. The van der Waals surface area contributed by atoms with Crippen molar-refractivity contribution in [1.82, 2.24) is 0 Å². The van der Waals surface area contributed by atoms with Crippen LogP contribution in [0.25, 0.3) is 0 Å². The fourth-order valence-electron chi connectivity index (χ4n) is 3.12. The number of alkyl halides is 1. The highest BCUT2D eigenvalue weighted by molar-refractivity contribution is 14.1. The second kappa shape index (κ2) is 4.80. The fourth-order valence-corrected chi connectivity index (χ4v) is 4.22. The molecule has 0 aromatic rings. The molecule has 4 heteroatoms. The molecule has 0 bridgehead atoms. The molecular formula is C12H19IO3. The maximum absolute atomic E-state index is 11.9. The Kier molecular flexibility index (Phi) is 3.79. The summed E-state index contributed by atoms with van der Waals surface area (Å²) in [5.74, 6) is -0.168. The highest BCUT2D eigenvalue weighted by atomic mass is 127. The maximum atomic E-state index is 11.9. The highest BCUT2D eigenvalue weighted by Gasteiger charge is 2.56. The van der Waals surface area contributed by atoms with Crippen molar-refractivity contribution in [2.24, 2.45) is 5.92 Å². The molecule has 92 valence electrons. The number of methoxy groups -OCH3 is 1. The van der Waals surface area contributed by atoms with Gasteiger partial charge in [-0.15, -0.1) is 0 Å². The van der Waals surface area contributed by atoms with Crippen LogP contribution < -0.4 is 0 Å². The van der Waals surface area contributed by atoms with Crippen LogP contribution in [-0.4, -0.2) is 28.7 Å². The van der Waals surface area contributed by atoms with E-state index in [1.165, 1.54) is 26.4 Å². The van der Waals surface area contributed by atoms with Crippen LogP contribution in [0.5, 0.6) is 0 Å². The lowest BCUT2D eigenvalue weighted by Crippen LogP contribution is -2.44. The molecule has 0 unspecified atom stereocenters. The van der Waals surface area contributed by atoms with Crippen molar-refractivity contribution in [2.45, 2.75) is 54.7 Å². The van der Waals surface area contributed by atoms with Gasteiger partial charge in [0.15, 0.2) is 0 Å². The van der Waals surface area contributed by atoms with Gasteiger partial charge in [-0.1, -0.05) is 41.9 Å². The van der Waals surface area contributed by atoms with Gasteiger partial charge in [-0.05, 0) is 19.8 Å². The molecule has 3 nitrogen and oxygen atoms in total. The Bertz CT molecular complexity index is 273. The molecule has 1 aliphatic heterocycles. The van der Waals surface area contributed by atoms with Crippen LogP contribution in [0.3, 0.4) is 0 Å². The second-order valence-electron chi connectivity index (χ2n) is 4.89. The largest absolute Gasteiger partial charge is 0.469 e. The number of esters is 1. The van der Waals surface area contributed by atoms with Crippen molar-refractivity contribution < 1.29 is 14.3 Å². The van der Waals surface area contributed by atoms with E-state index in [2.05, 4.69) is 29.5 Å². The van der Waals surface area contributed by atoms with Gasteiger partial charge in [0.2, 0.25) is 0 Å². The summed E-state index contributed by atoms with van der Waals surface area (Å²) in [6.07, 6.45) is 5.78. The molecule has 1 saturated carbocycles. The standard InChI is InChI=1S/C12H19IO3/c1-8-10(13)9(11(14)15-2)12(16-8)6-4-3-5-7-12/h8-10H,3-7H2,1-2H3/t8-,9-,10+/m1/s1. The van der Waals surface area contributed by atoms with E-state index in [9.17, 15) is 4.79 Å². The first-order valence-corrected chi connectivity index (χ1v) is 7.25. The molecule has 16 heavy (non-hydrogen) atoms. The fraction of sp³-hybridized carbons (Fsp3) is 0.917. The number of hydrogen-bond acceptors (Lipinski definition) is 3. The summed E-state index contributed by atoms with van der Waals surface area (Å²) in [5.41, 5.74) is -0.226. The first-order valence-electron chi connectivity index (χ1n) is 6.00. The quantitative estimate of drug-likeness (QED) is 0.419. The lowest BCUT2D eigenvalue weighted by atomic mass is 9.75. The molecule has 3 atom stereocenters. The third-order valence-corrected chi connectivity index (χ3v) is 5.64. The third-order valence-electron chi connectivity index (χ3n) is 3.91. The van der Waals surface area contributed by atoms with E-state index in [1.54, 1.807) is 0 Å². The van der Waals surface area contributed by atoms with Gasteiger partial charge in [0.05, 0.1) is 22.7 Å². The Labute approximate surface area is 110 Å². The van der Waals surface area contributed by atoms with Crippen LogP contribution in [0.1, 0.15) is 39.0 Å². The zero-order valence-electron chi connectivity index (χ0n) is 9.87. The molecule has 0 N–H and O–H groups in total. The summed E-state index contributed by atoms with van der Waals surface area (Å²) in [7, 11) is 1.48. The Morgan fingerprint density at radius 2 is 2.00 bits per heavy atom. The van der Waals surface area contributed by atoms with Gasteiger partial charge >= 0.3 is 5.97 Å². The van der Waals surface area contributed by atoms with Crippen molar-refractivity contribution in [1.29, 1.82) is 0 Å². The summed E-state index contributed by atoms with van der Waals surface area (Å²) in [4.78, 5) is 11.9. The van der Waals surface area contributed by atoms with Crippen LogP contribution in [0.15, 0.2) is 0 Å². The van der Waals surface area contributed by atoms with E-state index in [-0.39, 0.29) is 27.5 Å². The molecule has 1 saturated heterocycles. The van der Waals surface area contributed by atoms with Crippen molar-refractivity contribution in [3.05, 3.63) is 0 Å². The minimum atomic E-state index is -0.226. The zero-order chi connectivity index (χ0) is 11.8. The summed E-state index contributed by atoms with van der Waals surface area (Å²) < 4.78 is 11.3. The average molecular weight is 338 g/mol. The van der Waals surface area contributed by atoms with Gasteiger partial charge in [-0.2, -0.15) is 0 Å². The summed E-state index contributed by atoms with van der Waals surface area (Å²) in [6.45, 7) is 2.07. The normalized spacial score (nSPS) is 37.6. The van der Waals surface area contributed by atoms with Crippen molar-refractivity contribution >= 4 is 28.6 Å². The molecular weight excluding hydrogens is 319 g/mol. The lowest BCUT2D eigenvalue weighted by Gasteiger charge is -2.36. The SMILES string of the molecule is COC(=O)[C@H]1[C@@H](I)[C@@H](C)OC12CCCCC2. The number of carbonyl (C=O) groups is 1. The van der Waals surface area contributed by atoms with E-state index in [0.29, 0.717) is 0 Å². The van der Waals surface area contributed by atoms with Crippen molar-refractivity contribution in [3.63, 3.8) is 0 Å². The Hall–Kier alpha value is 0.160. The van der Waals surface area contributed by atoms with E-state index in [1.807, 2.05) is 0 Å². The van der Waals surface area contributed by atoms with Gasteiger partial charge in [-0.25, -0.2) is 0 Å². The molecule has 0 amide bonds. The van der Waals surface area contributed by atoms with Crippen LogP contribution >= 0.6 is 22.6 Å². The highest BCUT2D eigenvalue weighted by Crippen LogP contribution is 2.49. The number of halogens is 1. The van der Waals surface area contributed by atoms with Crippen molar-refractivity contribution in [3.8, 4) is 0 Å². The zero-order valence-corrected chi connectivity index (χ0v) is 12.0. The van der Waals surface area contributed by atoms with Crippen LogP contribution in [0, 0.1) is 5.92 Å². The van der Waals surface area contributed by atoms with Crippen molar-refractivity contribution in [2.75, 3.05) is 7.11 Å². The molecule has 1 aliphatic carbocycles. The molecule has 2 rings (SSSR count). The van der Waals surface area contributed by atoms with E-state index in [4.69, 9.17) is 9.47 Å². The van der Waals surface area contributed by atoms with E-state index >= 15 is 0 Å². The van der Waals surface area contributed by atoms with Crippen LogP contribution in [-0.2, 0) is 14.3 Å². The Morgan fingerprint density at radius 1 is 1.38 bits per heavy atom. The molecule has 0 aromatic heterocycles. The first kappa shape index (κ1) is 12.6. The van der Waals surface area contributed by atoms with Gasteiger partial charge in [-0.3, -0.25) is 4.79 Å². The molecule has 1 heterocycles. The summed E-state index contributed by atoms with van der Waals surface area (Å²) >= 11 is 2.35. The third kappa shape index (κ3) is 1.98. The summed E-state index contributed by atoms with van der Waals surface area (Å²) in [6, 6.07) is 0. The Balaban J connectivity index is 2.24. The van der Waals surface area contributed by atoms with Gasteiger partial charge < -0.3 is 9.47 Å². The van der Waals surface area contributed by atoms with Gasteiger partial charge in [0.25, 0.3) is 0 Å². The number of hydrogen-bond donors (Lipinski definition) is 0. The number of rotatable bonds is 1. The van der Waals surface area contributed by atoms with E-state index < -0.39 is 0 Å². The van der Waals surface area contributed by atoms with Crippen LogP contribution in [0.4, 0.5) is 0 Å². The topological polar surface area (TPSA) is 35.5 Å². The smallest absolute Gasteiger partial charge is 0.312 e. The maximum Gasteiger partial charge on any atom is 0.312 e. The monoisotopic (exact) mass is 338 g/mol. The molecule has 0 aromatic carbocycles. The average Bonchev–Trinajstić information content (AvgIpc) is 2.51. The summed E-state index contributed by atoms with van der Waals surface area (Å²) in [5, 5.41) is 0. The van der Waals surface area contributed by atoms with Crippen LogP contribution in [0.2, 0.25) is 0 Å². The Morgan fingerprint density at radius 3 is 2.56 bits per heavy atom. The minimum absolute atomic E-state index is 0.0756. The number of carbonyl (C=O) groups excluding carboxylic acids is 1. The first-order chi connectivity index (χ1) is 7.60. The second-order valence-corrected chi connectivity index (χ2v) is 6.33. The molecule has 2 aliphatic rings.